The van der Waals surface area contributed by atoms with Crippen molar-refractivity contribution in [2.75, 3.05) is 0 Å². The van der Waals surface area contributed by atoms with Gasteiger partial charge in [0.05, 0.1) is 6.10 Å². The smallest absolute Gasteiger partial charge is 0.326 e. The highest BCUT2D eigenvalue weighted by atomic mass is 16.5. The maximum atomic E-state index is 12.9. The maximum Gasteiger partial charge on any atom is 0.326 e. The van der Waals surface area contributed by atoms with Crippen LogP contribution in [0.3, 0.4) is 0 Å². The fourth-order valence-electron chi connectivity index (χ4n) is 2.76. The molecule has 2 aromatic rings. The van der Waals surface area contributed by atoms with Gasteiger partial charge in [-0.3, -0.25) is 9.59 Å². The van der Waals surface area contributed by atoms with Crippen molar-refractivity contribution in [2.24, 2.45) is 5.92 Å². The predicted octanol–water partition coefficient (Wildman–Crippen LogP) is 3.47. The summed E-state index contributed by atoms with van der Waals surface area (Å²) in [6.07, 6.45) is 1.52. The molecule has 0 fully saturated rings. The number of carboxylic acid groups (broad SMARTS) is 1. The summed E-state index contributed by atoms with van der Waals surface area (Å²) in [5.74, 6) is -1.96. The highest BCUT2D eigenvalue weighted by molar-refractivity contribution is 6.06. The van der Waals surface area contributed by atoms with Crippen molar-refractivity contribution in [2.45, 2.75) is 39.8 Å². The summed E-state index contributed by atoms with van der Waals surface area (Å²) >= 11 is 0. The molecule has 0 aliphatic rings. The molecule has 7 nitrogen and oxygen atoms in total. The van der Waals surface area contributed by atoms with Crippen LogP contribution in [0.1, 0.15) is 43.6 Å². The molecule has 2 amide bonds. The third-order valence-corrected chi connectivity index (χ3v) is 4.31. The Hall–Kier alpha value is -3.61. The summed E-state index contributed by atoms with van der Waals surface area (Å²) in [6, 6.07) is 14.4. The van der Waals surface area contributed by atoms with Gasteiger partial charge >= 0.3 is 5.97 Å². The number of carboxylic acids is 1. The molecular weight excluding hydrogens is 396 g/mol. The third-order valence-electron chi connectivity index (χ3n) is 4.31. The average Bonchev–Trinajstić information content (AvgIpc) is 2.72. The summed E-state index contributed by atoms with van der Waals surface area (Å²) in [6.45, 7) is 7.23. The Bertz CT molecular complexity index is 934. The maximum absolute atomic E-state index is 12.9. The van der Waals surface area contributed by atoms with E-state index < -0.39 is 23.8 Å². The molecule has 0 unspecified atom stereocenters. The van der Waals surface area contributed by atoms with Crippen LogP contribution >= 0.6 is 0 Å². The number of aliphatic carboxylic acids is 1. The number of ether oxygens (including phenoxy) is 1. The van der Waals surface area contributed by atoms with Gasteiger partial charge in [0.15, 0.2) is 0 Å². The molecule has 31 heavy (non-hydrogen) atoms. The minimum atomic E-state index is -1.15. The molecule has 0 radical (unpaired) electrons. The minimum Gasteiger partial charge on any atom is -0.491 e. The number of carbonyl (C=O) groups excluding carboxylic acids is 2. The minimum absolute atomic E-state index is 0.0249. The zero-order chi connectivity index (χ0) is 23.0. The first kappa shape index (κ1) is 23.7. The Morgan fingerprint density at radius 1 is 0.935 bits per heavy atom. The van der Waals surface area contributed by atoms with E-state index in [1.165, 1.54) is 6.08 Å². The number of nitrogens with one attached hydrogen (secondary N) is 2. The molecule has 1 atom stereocenters. The largest absolute Gasteiger partial charge is 0.491 e. The van der Waals surface area contributed by atoms with Crippen molar-refractivity contribution in [3.05, 3.63) is 71.4 Å². The second-order valence-corrected chi connectivity index (χ2v) is 7.65. The van der Waals surface area contributed by atoms with Crippen molar-refractivity contribution in [3.63, 3.8) is 0 Å². The molecule has 0 bridgehead atoms. The molecule has 0 spiro atoms. The molecule has 0 saturated carbocycles. The molecular formula is C24H28N2O5. The van der Waals surface area contributed by atoms with Crippen LogP contribution in [0.15, 0.2) is 60.3 Å². The van der Waals surface area contributed by atoms with E-state index in [0.29, 0.717) is 16.9 Å². The second-order valence-electron chi connectivity index (χ2n) is 7.65. The number of carbonyl (C=O) groups is 3. The number of benzene rings is 2. The average molecular weight is 424 g/mol. The van der Waals surface area contributed by atoms with Gasteiger partial charge in [-0.2, -0.15) is 0 Å². The third kappa shape index (κ3) is 7.29. The van der Waals surface area contributed by atoms with Crippen LogP contribution in [0.2, 0.25) is 0 Å². The summed E-state index contributed by atoms with van der Waals surface area (Å²) in [4.78, 5) is 37.0. The quantitative estimate of drug-likeness (QED) is 0.535. The van der Waals surface area contributed by atoms with Gasteiger partial charge in [0.25, 0.3) is 11.8 Å². The molecule has 3 N–H and O–H groups in total. The number of hydrogen-bond acceptors (Lipinski definition) is 4. The SMILES string of the molecule is CC(C)Oc1ccc(C=C(NC(=O)c2ccccc2)C(=O)N[C@@H](C(=O)O)C(C)C)cc1. The molecule has 7 heteroatoms. The molecule has 0 aromatic heterocycles. The highest BCUT2D eigenvalue weighted by Gasteiger charge is 2.25. The Balaban J connectivity index is 2.32. The summed E-state index contributed by atoms with van der Waals surface area (Å²) in [7, 11) is 0. The van der Waals surface area contributed by atoms with Crippen LogP contribution < -0.4 is 15.4 Å². The van der Waals surface area contributed by atoms with Crippen molar-refractivity contribution in [1.29, 1.82) is 0 Å². The normalized spacial score (nSPS) is 12.4. The van der Waals surface area contributed by atoms with Gasteiger partial charge in [0.1, 0.15) is 17.5 Å². The molecule has 2 aromatic carbocycles. The van der Waals surface area contributed by atoms with E-state index in [9.17, 15) is 19.5 Å². The van der Waals surface area contributed by atoms with E-state index in [1.807, 2.05) is 13.8 Å². The molecule has 0 aliphatic carbocycles. The summed E-state index contributed by atoms with van der Waals surface area (Å²) < 4.78 is 5.61. The van der Waals surface area contributed by atoms with E-state index in [1.54, 1.807) is 68.4 Å². The van der Waals surface area contributed by atoms with Gasteiger partial charge < -0.3 is 20.5 Å². The zero-order valence-corrected chi connectivity index (χ0v) is 18.1. The van der Waals surface area contributed by atoms with Crippen LogP contribution in [0.25, 0.3) is 6.08 Å². The lowest BCUT2D eigenvalue weighted by Gasteiger charge is -2.19. The summed E-state index contributed by atoms with van der Waals surface area (Å²) in [5.41, 5.74) is 0.963. The standard InChI is InChI=1S/C24H28N2O5/c1-15(2)21(24(29)30)26-23(28)20(25-22(27)18-8-6-5-7-9-18)14-17-10-12-19(13-11-17)31-16(3)4/h5-16,21H,1-4H3,(H,25,27)(H,26,28)(H,29,30)/t21-/m1/s1. The number of hydrogen-bond donors (Lipinski definition) is 3. The van der Waals surface area contributed by atoms with Crippen molar-refractivity contribution < 1.29 is 24.2 Å². The van der Waals surface area contributed by atoms with Crippen LogP contribution in [-0.4, -0.2) is 35.0 Å². The van der Waals surface area contributed by atoms with Gasteiger partial charge in [-0.1, -0.05) is 44.2 Å². The van der Waals surface area contributed by atoms with Gasteiger partial charge in [-0.15, -0.1) is 0 Å². The molecule has 0 heterocycles. The van der Waals surface area contributed by atoms with E-state index >= 15 is 0 Å². The van der Waals surface area contributed by atoms with Crippen LogP contribution in [0, 0.1) is 5.92 Å². The van der Waals surface area contributed by atoms with E-state index in [0.717, 1.165) is 0 Å². The van der Waals surface area contributed by atoms with Crippen LogP contribution in [-0.2, 0) is 9.59 Å². The fraction of sp³-hybridized carbons (Fsp3) is 0.292. The van der Waals surface area contributed by atoms with Gasteiger partial charge in [-0.05, 0) is 55.7 Å². The molecule has 0 aliphatic heterocycles. The lowest BCUT2D eigenvalue weighted by molar-refractivity contribution is -0.142. The molecule has 0 saturated heterocycles. The first-order valence-corrected chi connectivity index (χ1v) is 10.1. The first-order valence-electron chi connectivity index (χ1n) is 10.1. The predicted molar refractivity (Wildman–Crippen MR) is 118 cm³/mol. The lowest BCUT2D eigenvalue weighted by atomic mass is 10.0. The van der Waals surface area contributed by atoms with Crippen molar-refractivity contribution >= 4 is 23.9 Å². The monoisotopic (exact) mass is 424 g/mol. The van der Waals surface area contributed by atoms with Gasteiger partial charge in [0, 0.05) is 5.56 Å². The van der Waals surface area contributed by atoms with E-state index in [2.05, 4.69) is 10.6 Å². The van der Waals surface area contributed by atoms with E-state index in [4.69, 9.17) is 4.74 Å². The highest BCUT2D eigenvalue weighted by Crippen LogP contribution is 2.16. The molecule has 2 rings (SSSR count). The van der Waals surface area contributed by atoms with Gasteiger partial charge in [0.2, 0.25) is 0 Å². The number of rotatable bonds is 9. The summed E-state index contributed by atoms with van der Waals surface area (Å²) in [5, 5.41) is 14.5. The topological polar surface area (TPSA) is 105 Å². The first-order chi connectivity index (χ1) is 14.7. The number of amides is 2. The van der Waals surface area contributed by atoms with Crippen molar-refractivity contribution in [3.8, 4) is 5.75 Å². The van der Waals surface area contributed by atoms with Crippen LogP contribution in [0.5, 0.6) is 5.75 Å². The Morgan fingerprint density at radius 3 is 2.06 bits per heavy atom. The second kappa shape index (κ2) is 11.0. The Labute approximate surface area is 182 Å². The lowest BCUT2D eigenvalue weighted by Crippen LogP contribution is -2.47. The van der Waals surface area contributed by atoms with Crippen LogP contribution in [0.4, 0.5) is 0 Å². The Morgan fingerprint density at radius 2 is 1.55 bits per heavy atom. The Kier molecular flexibility index (Phi) is 8.37. The van der Waals surface area contributed by atoms with Gasteiger partial charge in [-0.25, -0.2) is 4.79 Å². The van der Waals surface area contributed by atoms with Crippen molar-refractivity contribution in [1.82, 2.24) is 10.6 Å². The van der Waals surface area contributed by atoms with E-state index in [-0.39, 0.29) is 17.7 Å². The zero-order valence-electron chi connectivity index (χ0n) is 18.1. The molecule has 164 valence electrons. The fourth-order valence-corrected chi connectivity index (χ4v) is 2.76.